The molecular weight excluding hydrogens is 549 g/mol. The maximum Gasteiger partial charge on any atom is 0.236 e. The van der Waals surface area contributed by atoms with Crippen molar-refractivity contribution in [2.24, 2.45) is 0 Å². The number of methoxy groups -OCH3 is 1. The Morgan fingerprint density at radius 1 is 0.889 bits per heavy atom. The van der Waals surface area contributed by atoms with Crippen LogP contribution in [-0.2, 0) is 9.84 Å². The molecular formula is C26H23BrFN3O4S. The minimum absolute atomic E-state index is 0.114. The third-order valence-corrected chi connectivity index (χ3v) is 8.25. The first-order valence-corrected chi connectivity index (χ1v) is 13.5. The predicted molar refractivity (Wildman–Crippen MR) is 139 cm³/mol. The molecule has 0 radical (unpaired) electrons. The van der Waals surface area contributed by atoms with Gasteiger partial charge in [-0.1, -0.05) is 15.9 Å². The summed E-state index contributed by atoms with van der Waals surface area (Å²) in [5, 5.41) is -0.151. The van der Waals surface area contributed by atoms with E-state index in [1.54, 1.807) is 19.2 Å². The number of ether oxygens (including phenoxy) is 1. The quantitative estimate of drug-likeness (QED) is 0.306. The molecule has 4 aromatic rings. The minimum Gasteiger partial charge on any atom is -0.497 e. The van der Waals surface area contributed by atoms with Crippen molar-refractivity contribution in [3.8, 4) is 17.2 Å². The minimum atomic E-state index is -3.97. The van der Waals surface area contributed by atoms with Crippen LogP contribution in [0.2, 0.25) is 0 Å². The molecule has 1 aromatic heterocycles. The van der Waals surface area contributed by atoms with E-state index in [1.807, 2.05) is 29.2 Å². The zero-order valence-corrected chi connectivity index (χ0v) is 21.8. The summed E-state index contributed by atoms with van der Waals surface area (Å²) in [5.41, 5.74) is 1.55. The molecule has 1 fully saturated rings. The summed E-state index contributed by atoms with van der Waals surface area (Å²) in [6.07, 6.45) is 0. The van der Waals surface area contributed by atoms with Crippen molar-refractivity contribution >= 4 is 37.3 Å². The summed E-state index contributed by atoms with van der Waals surface area (Å²) in [6.45, 7) is 2.40. The van der Waals surface area contributed by atoms with Crippen molar-refractivity contribution in [3.63, 3.8) is 0 Å². The number of halogens is 2. The van der Waals surface area contributed by atoms with Gasteiger partial charge in [0.2, 0.25) is 26.6 Å². The summed E-state index contributed by atoms with van der Waals surface area (Å²) in [7, 11) is -2.34. The second kappa shape index (κ2) is 9.94. The molecule has 2 heterocycles. The number of oxazole rings is 1. The van der Waals surface area contributed by atoms with Crippen molar-refractivity contribution in [2.45, 2.75) is 9.92 Å². The van der Waals surface area contributed by atoms with Crippen molar-refractivity contribution in [1.82, 2.24) is 4.98 Å². The predicted octanol–water partition coefficient (Wildman–Crippen LogP) is 5.41. The molecule has 5 rings (SSSR count). The van der Waals surface area contributed by atoms with Crippen LogP contribution < -0.4 is 14.5 Å². The highest BCUT2D eigenvalue weighted by molar-refractivity contribution is 9.10. The topological polar surface area (TPSA) is 75.9 Å². The fourth-order valence-corrected chi connectivity index (χ4v) is 5.66. The van der Waals surface area contributed by atoms with E-state index in [-0.39, 0.29) is 21.7 Å². The first kappa shape index (κ1) is 24.3. The van der Waals surface area contributed by atoms with Crippen LogP contribution in [0.5, 0.6) is 5.75 Å². The summed E-state index contributed by atoms with van der Waals surface area (Å²) >= 11 is 3.34. The SMILES string of the molecule is COc1ccc(N2CCN(c3oc(-c4ccc(F)cc4)nc3S(=O)(=O)c3ccc(Br)cc3)CC2)cc1. The molecule has 0 N–H and O–H groups in total. The molecule has 0 amide bonds. The molecule has 7 nitrogen and oxygen atoms in total. The average Bonchev–Trinajstić information content (AvgIpc) is 3.36. The Morgan fingerprint density at radius 3 is 2.11 bits per heavy atom. The van der Waals surface area contributed by atoms with Gasteiger partial charge in [0.15, 0.2) is 0 Å². The molecule has 36 heavy (non-hydrogen) atoms. The lowest BCUT2D eigenvalue weighted by Gasteiger charge is -2.36. The summed E-state index contributed by atoms with van der Waals surface area (Å²) in [6, 6.07) is 19.8. The second-order valence-corrected chi connectivity index (χ2v) is 11.0. The molecule has 0 bridgehead atoms. The van der Waals surface area contributed by atoms with E-state index >= 15 is 0 Å². The first-order chi connectivity index (χ1) is 17.3. The van der Waals surface area contributed by atoms with Crippen LogP contribution in [0.1, 0.15) is 0 Å². The van der Waals surface area contributed by atoms with Gasteiger partial charge in [-0.05, 0) is 72.8 Å². The summed E-state index contributed by atoms with van der Waals surface area (Å²) in [5.74, 6) is 0.697. The Kier molecular flexibility index (Phi) is 6.72. The van der Waals surface area contributed by atoms with Crippen LogP contribution in [0, 0.1) is 5.82 Å². The second-order valence-electron chi connectivity index (χ2n) is 8.27. The molecule has 0 aliphatic carbocycles. The van der Waals surface area contributed by atoms with Crippen LogP contribution in [0.3, 0.4) is 0 Å². The highest BCUT2D eigenvalue weighted by Crippen LogP contribution is 2.36. The lowest BCUT2D eigenvalue weighted by molar-refractivity contribution is 0.415. The molecule has 1 aliphatic heterocycles. The van der Waals surface area contributed by atoms with E-state index in [1.165, 1.54) is 36.4 Å². The maximum absolute atomic E-state index is 13.6. The van der Waals surface area contributed by atoms with E-state index in [0.29, 0.717) is 31.7 Å². The molecule has 1 saturated heterocycles. The maximum atomic E-state index is 13.6. The third-order valence-electron chi connectivity index (χ3n) is 6.05. The summed E-state index contributed by atoms with van der Waals surface area (Å²) in [4.78, 5) is 8.62. The number of anilines is 2. The average molecular weight is 572 g/mol. The number of nitrogens with zero attached hydrogens (tertiary/aromatic N) is 3. The van der Waals surface area contributed by atoms with Gasteiger partial charge in [-0.25, -0.2) is 12.8 Å². The molecule has 0 unspecified atom stereocenters. The van der Waals surface area contributed by atoms with Gasteiger partial charge in [0, 0.05) is 41.9 Å². The van der Waals surface area contributed by atoms with Gasteiger partial charge in [0.25, 0.3) is 0 Å². The smallest absolute Gasteiger partial charge is 0.236 e. The normalized spacial score (nSPS) is 14.2. The molecule has 3 aromatic carbocycles. The number of hydrogen-bond donors (Lipinski definition) is 0. The van der Waals surface area contributed by atoms with Gasteiger partial charge in [0.1, 0.15) is 11.6 Å². The number of piperazine rings is 1. The van der Waals surface area contributed by atoms with Crippen molar-refractivity contribution < 1.29 is 22.0 Å². The number of rotatable bonds is 6. The zero-order valence-electron chi connectivity index (χ0n) is 19.4. The van der Waals surface area contributed by atoms with Gasteiger partial charge < -0.3 is 19.0 Å². The van der Waals surface area contributed by atoms with Crippen LogP contribution in [-0.4, -0.2) is 46.7 Å². The van der Waals surface area contributed by atoms with Crippen molar-refractivity contribution in [2.75, 3.05) is 43.1 Å². The lowest BCUT2D eigenvalue weighted by atomic mass is 10.2. The number of aromatic nitrogens is 1. The van der Waals surface area contributed by atoms with Crippen LogP contribution in [0.25, 0.3) is 11.5 Å². The number of hydrogen-bond acceptors (Lipinski definition) is 7. The molecule has 186 valence electrons. The Balaban J connectivity index is 1.48. The Hall–Kier alpha value is -3.37. The van der Waals surface area contributed by atoms with Crippen LogP contribution in [0.4, 0.5) is 16.0 Å². The fourth-order valence-electron chi connectivity index (χ4n) is 4.08. The van der Waals surface area contributed by atoms with E-state index in [0.717, 1.165) is 15.9 Å². The Morgan fingerprint density at radius 2 is 1.50 bits per heavy atom. The monoisotopic (exact) mass is 571 g/mol. The molecule has 1 aliphatic rings. The molecule has 0 saturated carbocycles. The van der Waals surface area contributed by atoms with Gasteiger partial charge in [-0.2, -0.15) is 4.98 Å². The van der Waals surface area contributed by atoms with Crippen molar-refractivity contribution in [1.29, 1.82) is 0 Å². The van der Waals surface area contributed by atoms with Crippen LogP contribution in [0.15, 0.2) is 91.6 Å². The standard InChI is InChI=1S/C26H23BrFN3O4S/c1-34-22-10-8-21(9-11-22)30-14-16-31(17-15-30)26-25(36(32,33)23-12-4-19(27)5-13-23)29-24(35-26)18-2-6-20(28)7-3-18/h2-13H,14-17H2,1H3. The van der Waals surface area contributed by atoms with Crippen molar-refractivity contribution in [3.05, 3.63) is 83.1 Å². The molecule has 0 spiro atoms. The Bertz CT molecular complexity index is 1450. The molecule has 0 atom stereocenters. The van der Waals surface area contributed by atoms with Gasteiger partial charge >= 0.3 is 0 Å². The lowest BCUT2D eigenvalue weighted by Crippen LogP contribution is -2.46. The summed E-state index contributed by atoms with van der Waals surface area (Å²) < 4.78 is 52.7. The highest BCUT2D eigenvalue weighted by atomic mass is 79.9. The van der Waals surface area contributed by atoms with E-state index in [9.17, 15) is 12.8 Å². The fraction of sp³-hybridized carbons (Fsp3) is 0.192. The molecule has 10 heteroatoms. The highest BCUT2D eigenvalue weighted by Gasteiger charge is 2.33. The van der Waals surface area contributed by atoms with E-state index < -0.39 is 15.7 Å². The van der Waals surface area contributed by atoms with E-state index in [4.69, 9.17) is 9.15 Å². The first-order valence-electron chi connectivity index (χ1n) is 11.3. The van der Waals surface area contributed by atoms with Gasteiger partial charge in [-0.15, -0.1) is 0 Å². The van der Waals surface area contributed by atoms with Gasteiger partial charge in [-0.3, -0.25) is 0 Å². The van der Waals surface area contributed by atoms with Gasteiger partial charge in [0.05, 0.1) is 12.0 Å². The van der Waals surface area contributed by atoms with E-state index in [2.05, 4.69) is 25.8 Å². The number of benzene rings is 3. The van der Waals surface area contributed by atoms with Crippen LogP contribution >= 0.6 is 15.9 Å². The Labute approximate surface area is 217 Å². The third kappa shape index (κ3) is 4.83. The number of sulfone groups is 1. The largest absolute Gasteiger partial charge is 0.497 e. The zero-order chi connectivity index (χ0) is 25.3.